The molecule has 0 heterocycles. The molecule has 0 unspecified atom stereocenters. The molecule has 108 valence electrons. The third-order valence-corrected chi connectivity index (χ3v) is 3.20. The fraction of sp³-hybridized carbons (Fsp3) is 0.0667. The Morgan fingerprint density at radius 1 is 1.29 bits per heavy atom. The molecule has 0 radical (unpaired) electrons. The van der Waals surface area contributed by atoms with Crippen LogP contribution in [0.1, 0.15) is 5.56 Å². The summed E-state index contributed by atoms with van der Waals surface area (Å²) in [5.41, 5.74) is 1.44. The van der Waals surface area contributed by atoms with Crippen molar-refractivity contribution in [2.24, 2.45) is 5.16 Å². The Labute approximate surface area is 130 Å². The second-order valence-corrected chi connectivity index (χ2v) is 4.99. The number of hydrogen-bond donors (Lipinski definition) is 2. The van der Waals surface area contributed by atoms with Crippen LogP contribution in [0.3, 0.4) is 0 Å². The Kier molecular flexibility index (Phi) is 5.34. The summed E-state index contributed by atoms with van der Waals surface area (Å²) < 4.78 is 6.11. The molecule has 0 fully saturated rings. The first-order valence-corrected chi connectivity index (χ1v) is 6.93. The van der Waals surface area contributed by atoms with Gasteiger partial charge in [0.05, 0.1) is 10.7 Å². The van der Waals surface area contributed by atoms with Crippen LogP contribution >= 0.6 is 15.9 Å². The first-order valence-electron chi connectivity index (χ1n) is 6.14. The highest BCUT2D eigenvalue weighted by molar-refractivity contribution is 9.10. The van der Waals surface area contributed by atoms with E-state index >= 15 is 0 Å². The third kappa shape index (κ3) is 4.61. The van der Waals surface area contributed by atoms with Gasteiger partial charge in [-0.3, -0.25) is 4.79 Å². The maximum atomic E-state index is 11.8. The maximum Gasteiger partial charge on any atom is 0.262 e. The molecule has 1 amide bonds. The minimum absolute atomic E-state index is 0.0963. The van der Waals surface area contributed by atoms with Gasteiger partial charge in [0.1, 0.15) is 5.75 Å². The number of para-hydroxylation sites is 1. The lowest BCUT2D eigenvalue weighted by atomic mass is 10.2. The minimum atomic E-state index is -0.242. The summed E-state index contributed by atoms with van der Waals surface area (Å²) in [6.07, 6.45) is 1.30. The van der Waals surface area contributed by atoms with E-state index in [1.165, 1.54) is 6.21 Å². The zero-order valence-electron chi connectivity index (χ0n) is 11.0. The second-order valence-electron chi connectivity index (χ2n) is 4.14. The van der Waals surface area contributed by atoms with E-state index in [0.29, 0.717) is 15.8 Å². The number of oxime groups is 1. The van der Waals surface area contributed by atoms with Crippen molar-refractivity contribution in [3.05, 3.63) is 58.6 Å². The number of rotatable bonds is 5. The molecular formula is C15H13BrN2O3. The van der Waals surface area contributed by atoms with Gasteiger partial charge in [-0.1, -0.05) is 23.4 Å². The van der Waals surface area contributed by atoms with Gasteiger partial charge in [0, 0.05) is 5.69 Å². The van der Waals surface area contributed by atoms with E-state index < -0.39 is 0 Å². The number of hydrogen-bond acceptors (Lipinski definition) is 4. The Hall–Kier alpha value is -2.34. The number of halogens is 1. The smallest absolute Gasteiger partial charge is 0.262 e. The van der Waals surface area contributed by atoms with Crippen molar-refractivity contribution in [1.29, 1.82) is 0 Å². The number of carbonyl (C=O) groups is 1. The first-order chi connectivity index (χ1) is 10.2. The molecule has 2 aromatic rings. The van der Waals surface area contributed by atoms with Gasteiger partial charge in [0.2, 0.25) is 0 Å². The highest BCUT2D eigenvalue weighted by Crippen LogP contribution is 2.25. The summed E-state index contributed by atoms with van der Waals surface area (Å²) in [5, 5.41) is 14.1. The predicted octanol–water partition coefficient (Wildman–Crippen LogP) is 3.27. The van der Waals surface area contributed by atoms with Crippen molar-refractivity contribution in [3.63, 3.8) is 0 Å². The highest BCUT2D eigenvalue weighted by Gasteiger charge is 2.06. The van der Waals surface area contributed by atoms with Crippen LogP contribution in [0, 0.1) is 0 Å². The van der Waals surface area contributed by atoms with Crippen LogP contribution in [-0.4, -0.2) is 23.9 Å². The zero-order chi connectivity index (χ0) is 15.1. The molecule has 0 bridgehead atoms. The molecule has 2 aromatic carbocycles. The first kappa shape index (κ1) is 15.1. The van der Waals surface area contributed by atoms with Gasteiger partial charge >= 0.3 is 0 Å². The molecule has 0 saturated carbocycles. The number of anilines is 1. The Bertz CT molecular complexity index is 645. The van der Waals surface area contributed by atoms with Gasteiger partial charge in [-0.25, -0.2) is 0 Å². The molecule has 2 rings (SSSR count). The maximum absolute atomic E-state index is 11.8. The van der Waals surface area contributed by atoms with Crippen molar-refractivity contribution in [2.75, 3.05) is 11.9 Å². The van der Waals surface area contributed by atoms with Gasteiger partial charge in [0.15, 0.2) is 6.61 Å². The van der Waals surface area contributed by atoms with Crippen LogP contribution in [0.2, 0.25) is 0 Å². The van der Waals surface area contributed by atoms with E-state index in [4.69, 9.17) is 9.94 Å². The standard InChI is InChI=1S/C15H13BrN2O3/c16-13-8-11(9-17-20)6-7-14(13)21-10-15(19)18-12-4-2-1-3-5-12/h1-9,20H,10H2,(H,18,19)/b17-9-. The second kappa shape index (κ2) is 7.44. The van der Waals surface area contributed by atoms with E-state index in [9.17, 15) is 4.79 Å². The molecule has 6 heteroatoms. The molecule has 5 nitrogen and oxygen atoms in total. The van der Waals surface area contributed by atoms with Gasteiger partial charge in [-0.05, 0) is 51.8 Å². The number of amides is 1. The van der Waals surface area contributed by atoms with Crippen LogP contribution in [0.4, 0.5) is 5.69 Å². The number of ether oxygens (including phenoxy) is 1. The molecule has 0 saturated heterocycles. The quantitative estimate of drug-likeness (QED) is 0.494. The molecule has 0 aliphatic heterocycles. The molecule has 0 atom stereocenters. The monoisotopic (exact) mass is 348 g/mol. The predicted molar refractivity (Wildman–Crippen MR) is 84.1 cm³/mol. The van der Waals surface area contributed by atoms with Crippen molar-refractivity contribution in [1.82, 2.24) is 0 Å². The minimum Gasteiger partial charge on any atom is -0.483 e. The molecule has 0 aliphatic rings. The van der Waals surface area contributed by atoms with Crippen molar-refractivity contribution in [3.8, 4) is 5.75 Å². The molecule has 0 spiro atoms. The number of benzene rings is 2. The summed E-state index contributed by atoms with van der Waals surface area (Å²) >= 11 is 3.33. The fourth-order valence-corrected chi connectivity index (χ4v) is 2.15. The van der Waals surface area contributed by atoms with Crippen LogP contribution in [0.25, 0.3) is 0 Å². The molecule has 0 aromatic heterocycles. The molecule has 2 N–H and O–H groups in total. The number of carbonyl (C=O) groups excluding carboxylic acids is 1. The van der Waals surface area contributed by atoms with Crippen LogP contribution in [0.15, 0.2) is 58.2 Å². The summed E-state index contributed by atoms with van der Waals surface area (Å²) in [5.74, 6) is 0.294. The number of nitrogens with zero attached hydrogens (tertiary/aromatic N) is 1. The Balaban J connectivity index is 1.92. The van der Waals surface area contributed by atoms with Gasteiger partial charge in [0.25, 0.3) is 5.91 Å². The Morgan fingerprint density at radius 3 is 2.71 bits per heavy atom. The summed E-state index contributed by atoms with van der Waals surface area (Å²) in [7, 11) is 0. The van der Waals surface area contributed by atoms with Crippen LogP contribution < -0.4 is 10.1 Å². The lowest BCUT2D eigenvalue weighted by Gasteiger charge is -2.09. The van der Waals surface area contributed by atoms with E-state index in [0.717, 1.165) is 5.69 Å². The van der Waals surface area contributed by atoms with Gasteiger partial charge < -0.3 is 15.3 Å². The average Bonchev–Trinajstić information content (AvgIpc) is 2.48. The summed E-state index contributed by atoms with van der Waals surface area (Å²) in [4.78, 5) is 11.8. The van der Waals surface area contributed by atoms with Gasteiger partial charge in [-0.15, -0.1) is 0 Å². The average molecular weight is 349 g/mol. The largest absolute Gasteiger partial charge is 0.483 e. The van der Waals surface area contributed by atoms with E-state index in [1.54, 1.807) is 30.3 Å². The molecular weight excluding hydrogens is 336 g/mol. The lowest BCUT2D eigenvalue weighted by Crippen LogP contribution is -2.20. The zero-order valence-corrected chi connectivity index (χ0v) is 12.6. The number of nitrogens with one attached hydrogen (secondary N) is 1. The SMILES string of the molecule is O=C(COc1ccc(/C=N\O)cc1Br)Nc1ccccc1. The van der Waals surface area contributed by atoms with E-state index in [-0.39, 0.29) is 12.5 Å². The topological polar surface area (TPSA) is 70.9 Å². The highest BCUT2D eigenvalue weighted by atomic mass is 79.9. The van der Waals surface area contributed by atoms with Crippen molar-refractivity contribution >= 4 is 33.7 Å². The van der Waals surface area contributed by atoms with E-state index in [1.807, 2.05) is 18.2 Å². The van der Waals surface area contributed by atoms with Crippen molar-refractivity contribution in [2.45, 2.75) is 0 Å². The fourth-order valence-electron chi connectivity index (χ4n) is 1.64. The normalized spacial score (nSPS) is 10.5. The summed E-state index contributed by atoms with van der Waals surface area (Å²) in [6, 6.07) is 14.3. The molecule has 0 aliphatic carbocycles. The van der Waals surface area contributed by atoms with E-state index in [2.05, 4.69) is 26.4 Å². The van der Waals surface area contributed by atoms with Crippen molar-refractivity contribution < 1.29 is 14.7 Å². The lowest BCUT2D eigenvalue weighted by molar-refractivity contribution is -0.118. The Morgan fingerprint density at radius 2 is 2.05 bits per heavy atom. The van der Waals surface area contributed by atoms with Gasteiger partial charge in [-0.2, -0.15) is 0 Å². The summed E-state index contributed by atoms with van der Waals surface area (Å²) in [6.45, 7) is -0.0963. The van der Waals surface area contributed by atoms with Crippen LogP contribution in [0.5, 0.6) is 5.75 Å². The molecule has 21 heavy (non-hydrogen) atoms. The van der Waals surface area contributed by atoms with Crippen LogP contribution in [-0.2, 0) is 4.79 Å². The third-order valence-electron chi connectivity index (χ3n) is 2.58.